The van der Waals surface area contributed by atoms with Gasteiger partial charge in [0, 0.05) is 9.61 Å². The van der Waals surface area contributed by atoms with Crippen molar-refractivity contribution in [1.29, 1.82) is 0 Å². The van der Waals surface area contributed by atoms with E-state index in [1.165, 1.54) is 28.4 Å². The van der Waals surface area contributed by atoms with Gasteiger partial charge in [-0.3, -0.25) is 0 Å². The van der Waals surface area contributed by atoms with Crippen molar-refractivity contribution in [3.63, 3.8) is 0 Å². The van der Waals surface area contributed by atoms with Crippen LogP contribution in [0, 0.1) is 9.49 Å². The van der Waals surface area contributed by atoms with Crippen molar-refractivity contribution in [3.05, 3.63) is 33.4 Å². The number of aryl methyl sites for hydroxylation is 1. The van der Waals surface area contributed by atoms with E-state index in [2.05, 4.69) is 73.1 Å². The highest BCUT2D eigenvalue weighted by molar-refractivity contribution is 14.1. The van der Waals surface area contributed by atoms with Crippen LogP contribution in [0.15, 0.2) is 24.3 Å². The minimum Gasteiger partial charge on any atom is -0.317 e. The van der Waals surface area contributed by atoms with Gasteiger partial charge in [-0.15, -0.1) is 0 Å². The van der Waals surface area contributed by atoms with Crippen LogP contribution in [-0.2, 0) is 6.42 Å². The predicted molar refractivity (Wildman–Crippen MR) is 79.8 cm³/mol. The zero-order valence-electron chi connectivity index (χ0n) is 10.5. The van der Waals surface area contributed by atoms with Gasteiger partial charge < -0.3 is 5.32 Å². The molecule has 0 radical (unpaired) electrons. The molecule has 0 saturated heterocycles. The molecule has 0 amide bonds. The van der Waals surface area contributed by atoms with Crippen molar-refractivity contribution in [1.82, 2.24) is 5.32 Å². The van der Waals surface area contributed by atoms with Crippen LogP contribution in [0.2, 0.25) is 0 Å². The summed E-state index contributed by atoms with van der Waals surface area (Å²) in [6.07, 6.45) is 3.67. The van der Waals surface area contributed by atoms with Crippen LogP contribution in [0.1, 0.15) is 32.3 Å². The summed E-state index contributed by atoms with van der Waals surface area (Å²) in [5.41, 5.74) is 1.45. The maximum atomic E-state index is 3.41. The fraction of sp³-hybridized carbons (Fsp3) is 0.571. The summed E-state index contributed by atoms with van der Waals surface area (Å²) in [6, 6.07) is 9.51. The van der Waals surface area contributed by atoms with E-state index in [4.69, 9.17) is 0 Å². The van der Waals surface area contributed by atoms with Crippen molar-refractivity contribution in [2.45, 2.75) is 39.2 Å². The standard InChI is InChI=1S/C14H22IN/c1-11(2)10-14(16-3)9-6-12-4-7-13(15)8-5-12/h4-5,7-8,11,14,16H,6,9-10H2,1-3H3. The van der Waals surface area contributed by atoms with Crippen LogP contribution in [0.25, 0.3) is 0 Å². The molecular formula is C14H22IN. The van der Waals surface area contributed by atoms with Crippen LogP contribution in [-0.4, -0.2) is 13.1 Å². The molecule has 0 aliphatic rings. The first-order valence-corrected chi connectivity index (χ1v) is 7.11. The fourth-order valence-electron chi connectivity index (χ4n) is 1.94. The summed E-state index contributed by atoms with van der Waals surface area (Å²) in [7, 11) is 2.07. The lowest BCUT2D eigenvalue weighted by atomic mass is 9.98. The molecule has 1 atom stereocenters. The topological polar surface area (TPSA) is 12.0 Å². The SMILES string of the molecule is CNC(CCc1ccc(I)cc1)CC(C)C. The molecule has 1 N–H and O–H groups in total. The Kier molecular flexibility index (Phi) is 6.36. The average molecular weight is 331 g/mol. The Hall–Kier alpha value is -0.0900. The lowest BCUT2D eigenvalue weighted by molar-refractivity contribution is 0.422. The quantitative estimate of drug-likeness (QED) is 0.781. The Bertz CT molecular complexity index is 292. The second-order valence-corrected chi connectivity index (χ2v) is 6.03. The van der Waals surface area contributed by atoms with E-state index in [0.29, 0.717) is 6.04 Å². The van der Waals surface area contributed by atoms with Crippen molar-refractivity contribution in [2.75, 3.05) is 7.05 Å². The Morgan fingerprint density at radius 2 is 1.81 bits per heavy atom. The summed E-state index contributed by atoms with van der Waals surface area (Å²) in [5, 5.41) is 3.41. The Labute approximate surface area is 113 Å². The molecule has 90 valence electrons. The summed E-state index contributed by atoms with van der Waals surface area (Å²) in [5.74, 6) is 0.772. The van der Waals surface area contributed by atoms with E-state index in [-0.39, 0.29) is 0 Å². The first-order valence-electron chi connectivity index (χ1n) is 6.03. The van der Waals surface area contributed by atoms with E-state index in [0.717, 1.165) is 5.92 Å². The molecule has 16 heavy (non-hydrogen) atoms. The van der Waals surface area contributed by atoms with Crippen molar-refractivity contribution >= 4 is 22.6 Å². The van der Waals surface area contributed by atoms with Gasteiger partial charge in [-0.05, 0) is 72.5 Å². The molecule has 0 aliphatic carbocycles. The normalized spacial score (nSPS) is 13.1. The molecule has 0 spiro atoms. The van der Waals surface area contributed by atoms with Gasteiger partial charge in [0.15, 0.2) is 0 Å². The summed E-state index contributed by atoms with van der Waals surface area (Å²) in [6.45, 7) is 4.57. The lowest BCUT2D eigenvalue weighted by Gasteiger charge is -2.18. The van der Waals surface area contributed by atoms with Crippen molar-refractivity contribution in [2.24, 2.45) is 5.92 Å². The van der Waals surface area contributed by atoms with Gasteiger partial charge in [-0.2, -0.15) is 0 Å². The first kappa shape index (κ1) is 14.0. The van der Waals surface area contributed by atoms with E-state index in [1.807, 2.05) is 0 Å². The molecule has 2 heteroatoms. The molecule has 0 fully saturated rings. The van der Waals surface area contributed by atoms with Crippen LogP contribution in [0.4, 0.5) is 0 Å². The Balaban J connectivity index is 2.40. The number of hydrogen-bond donors (Lipinski definition) is 1. The molecule has 0 heterocycles. The van der Waals surface area contributed by atoms with Gasteiger partial charge in [0.25, 0.3) is 0 Å². The molecule has 0 bridgehead atoms. The van der Waals surface area contributed by atoms with Crippen LogP contribution >= 0.6 is 22.6 Å². The van der Waals surface area contributed by atoms with Crippen molar-refractivity contribution in [3.8, 4) is 0 Å². The fourth-order valence-corrected chi connectivity index (χ4v) is 2.30. The first-order chi connectivity index (χ1) is 7.61. The largest absolute Gasteiger partial charge is 0.317 e. The molecule has 1 rings (SSSR count). The number of nitrogens with one attached hydrogen (secondary N) is 1. The molecular weight excluding hydrogens is 309 g/mol. The highest BCUT2D eigenvalue weighted by atomic mass is 127. The highest BCUT2D eigenvalue weighted by Crippen LogP contribution is 2.13. The van der Waals surface area contributed by atoms with E-state index >= 15 is 0 Å². The van der Waals surface area contributed by atoms with E-state index < -0.39 is 0 Å². The van der Waals surface area contributed by atoms with Gasteiger partial charge in [0.2, 0.25) is 0 Å². The molecule has 1 aromatic rings. The summed E-state index contributed by atoms with van der Waals surface area (Å²) >= 11 is 2.35. The van der Waals surface area contributed by atoms with Gasteiger partial charge in [-0.1, -0.05) is 26.0 Å². The second kappa shape index (κ2) is 7.28. The van der Waals surface area contributed by atoms with Gasteiger partial charge >= 0.3 is 0 Å². The minimum atomic E-state index is 0.652. The molecule has 0 aromatic heterocycles. The van der Waals surface area contributed by atoms with E-state index in [9.17, 15) is 0 Å². The maximum Gasteiger partial charge on any atom is 0.0130 e. The lowest BCUT2D eigenvalue weighted by Crippen LogP contribution is -2.27. The summed E-state index contributed by atoms with van der Waals surface area (Å²) in [4.78, 5) is 0. The van der Waals surface area contributed by atoms with Gasteiger partial charge in [0.05, 0.1) is 0 Å². The monoisotopic (exact) mass is 331 g/mol. The second-order valence-electron chi connectivity index (χ2n) is 4.78. The third-order valence-electron chi connectivity index (χ3n) is 2.86. The number of rotatable bonds is 6. The van der Waals surface area contributed by atoms with Crippen LogP contribution in [0.5, 0.6) is 0 Å². The Morgan fingerprint density at radius 1 is 1.19 bits per heavy atom. The molecule has 1 aromatic carbocycles. The van der Waals surface area contributed by atoms with Crippen LogP contribution in [0.3, 0.4) is 0 Å². The smallest absolute Gasteiger partial charge is 0.0130 e. The molecule has 1 unspecified atom stereocenters. The zero-order chi connectivity index (χ0) is 12.0. The molecule has 0 aliphatic heterocycles. The van der Waals surface area contributed by atoms with E-state index in [1.54, 1.807) is 0 Å². The molecule has 1 nitrogen and oxygen atoms in total. The van der Waals surface area contributed by atoms with Crippen LogP contribution < -0.4 is 5.32 Å². The zero-order valence-corrected chi connectivity index (χ0v) is 12.6. The van der Waals surface area contributed by atoms with Gasteiger partial charge in [-0.25, -0.2) is 0 Å². The van der Waals surface area contributed by atoms with Gasteiger partial charge in [0.1, 0.15) is 0 Å². The number of benzene rings is 1. The summed E-state index contributed by atoms with van der Waals surface area (Å²) < 4.78 is 1.31. The number of halogens is 1. The maximum absolute atomic E-state index is 3.41. The average Bonchev–Trinajstić information content (AvgIpc) is 2.26. The highest BCUT2D eigenvalue weighted by Gasteiger charge is 2.08. The molecule has 0 saturated carbocycles. The third-order valence-corrected chi connectivity index (χ3v) is 3.58. The minimum absolute atomic E-state index is 0.652. The Morgan fingerprint density at radius 3 is 2.31 bits per heavy atom. The third kappa shape index (κ3) is 5.30. The van der Waals surface area contributed by atoms with Crippen molar-refractivity contribution < 1.29 is 0 Å². The predicted octanol–water partition coefficient (Wildman–Crippen LogP) is 3.86. The number of hydrogen-bond acceptors (Lipinski definition) is 1.